The number of methoxy groups -OCH3 is 1. The molecule has 2 aromatic rings. The number of esters is 1. The van der Waals surface area contributed by atoms with Crippen molar-refractivity contribution in [2.24, 2.45) is 0 Å². The van der Waals surface area contributed by atoms with Crippen molar-refractivity contribution >= 4 is 34.3 Å². The molecular formula is C13H15NO2S2. The summed E-state index contributed by atoms with van der Waals surface area (Å²) >= 11 is 3.14. The van der Waals surface area contributed by atoms with Crippen molar-refractivity contribution in [1.82, 2.24) is 0 Å². The maximum Gasteiger partial charge on any atom is 0.350 e. The summed E-state index contributed by atoms with van der Waals surface area (Å²) in [7, 11) is 1.38. The van der Waals surface area contributed by atoms with E-state index in [4.69, 9.17) is 10.5 Å². The van der Waals surface area contributed by atoms with Gasteiger partial charge in [0.1, 0.15) is 4.88 Å². The number of hydrogen-bond donors (Lipinski definition) is 1. The first kappa shape index (κ1) is 13.1. The van der Waals surface area contributed by atoms with Crippen LogP contribution in [0.4, 0.5) is 5.69 Å². The molecule has 0 saturated carbocycles. The van der Waals surface area contributed by atoms with Gasteiger partial charge < -0.3 is 10.5 Å². The van der Waals surface area contributed by atoms with E-state index in [0.29, 0.717) is 10.6 Å². The Morgan fingerprint density at radius 3 is 2.61 bits per heavy atom. The zero-order valence-corrected chi connectivity index (χ0v) is 12.2. The third-order valence-electron chi connectivity index (χ3n) is 2.74. The molecule has 0 unspecified atom stereocenters. The van der Waals surface area contributed by atoms with E-state index in [9.17, 15) is 4.79 Å². The van der Waals surface area contributed by atoms with Crippen molar-refractivity contribution in [2.75, 3.05) is 12.8 Å². The highest BCUT2D eigenvalue weighted by molar-refractivity contribution is 7.23. The summed E-state index contributed by atoms with van der Waals surface area (Å²) in [6, 6.07) is 4.15. The van der Waals surface area contributed by atoms with Gasteiger partial charge in [-0.2, -0.15) is 0 Å². The molecule has 0 amide bonds. The molecule has 0 atom stereocenters. The smallest absolute Gasteiger partial charge is 0.350 e. The van der Waals surface area contributed by atoms with Crippen molar-refractivity contribution < 1.29 is 9.53 Å². The standard InChI is InChI=1S/C13H15NO2S2/c1-4-8-10(14)12(13(15)16-3)18-11(8)9-6-5-7(2)17-9/h5-6H,4,14H2,1-3H3. The third kappa shape index (κ3) is 2.15. The van der Waals surface area contributed by atoms with Gasteiger partial charge in [-0.05, 0) is 31.0 Å². The van der Waals surface area contributed by atoms with Crippen LogP contribution < -0.4 is 5.73 Å². The van der Waals surface area contributed by atoms with E-state index in [0.717, 1.165) is 21.7 Å². The normalized spacial score (nSPS) is 10.6. The molecule has 0 radical (unpaired) electrons. The van der Waals surface area contributed by atoms with E-state index in [1.807, 2.05) is 6.92 Å². The topological polar surface area (TPSA) is 52.3 Å². The first-order valence-electron chi connectivity index (χ1n) is 5.64. The maximum absolute atomic E-state index is 11.7. The summed E-state index contributed by atoms with van der Waals surface area (Å²) in [6.07, 6.45) is 0.811. The summed E-state index contributed by atoms with van der Waals surface area (Å²) in [6.45, 7) is 4.11. The van der Waals surface area contributed by atoms with Crippen LogP contribution in [0, 0.1) is 6.92 Å². The molecule has 2 rings (SSSR count). The second-order valence-corrected chi connectivity index (χ2v) is 6.22. The molecular weight excluding hydrogens is 266 g/mol. The highest BCUT2D eigenvalue weighted by Crippen LogP contribution is 2.41. The molecule has 2 heterocycles. The molecule has 18 heavy (non-hydrogen) atoms. The van der Waals surface area contributed by atoms with Crippen molar-refractivity contribution in [3.63, 3.8) is 0 Å². The number of aryl methyl sites for hydroxylation is 1. The van der Waals surface area contributed by atoms with Crippen LogP contribution in [-0.2, 0) is 11.2 Å². The Morgan fingerprint density at radius 1 is 1.39 bits per heavy atom. The summed E-state index contributed by atoms with van der Waals surface area (Å²) in [5.41, 5.74) is 7.66. The minimum Gasteiger partial charge on any atom is -0.465 e. The lowest BCUT2D eigenvalue weighted by molar-refractivity contribution is 0.0607. The van der Waals surface area contributed by atoms with E-state index in [2.05, 4.69) is 19.1 Å². The van der Waals surface area contributed by atoms with Gasteiger partial charge in [0.2, 0.25) is 0 Å². The van der Waals surface area contributed by atoms with Crippen molar-refractivity contribution in [3.05, 3.63) is 27.5 Å². The summed E-state index contributed by atoms with van der Waals surface area (Å²) < 4.78 is 4.77. The van der Waals surface area contributed by atoms with Crippen LogP contribution in [0.3, 0.4) is 0 Å². The van der Waals surface area contributed by atoms with Crippen molar-refractivity contribution in [3.8, 4) is 9.75 Å². The first-order chi connectivity index (χ1) is 8.58. The van der Waals surface area contributed by atoms with E-state index in [-0.39, 0.29) is 5.97 Å². The Hall–Kier alpha value is -1.33. The number of carbonyl (C=O) groups excluding carboxylic acids is 1. The van der Waals surface area contributed by atoms with Gasteiger partial charge >= 0.3 is 5.97 Å². The van der Waals surface area contributed by atoms with Crippen molar-refractivity contribution in [1.29, 1.82) is 0 Å². The monoisotopic (exact) mass is 281 g/mol. The number of thiophene rings is 2. The Morgan fingerprint density at radius 2 is 2.11 bits per heavy atom. The number of carbonyl (C=O) groups is 1. The zero-order chi connectivity index (χ0) is 13.3. The molecule has 0 aliphatic rings. The predicted octanol–water partition coefficient (Wildman–Crippen LogP) is 3.72. The Bertz CT molecular complexity index is 584. The molecule has 0 saturated heterocycles. The lowest BCUT2D eigenvalue weighted by Crippen LogP contribution is -2.02. The third-order valence-corrected chi connectivity index (χ3v) is 5.14. The fraction of sp³-hybridized carbons (Fsp3) is 0.308. The summed E-state index contributed by atoms with van der Waals surface area (Å²) in [4.78, 5) is 15.7. The SMILES string of the molecule is CCc1c(-c2ccc(C)s2)sc(C(=O)OC)c1N. The van der Waals surface area contributed by atoms with E-state index in [1.54, 1.807) is 11.3 Å². The molecule has 0 bridgehead atoms. The van der Waals surface area contributed by atoms with Crippen LogP contribution in [0.2, 0.25) is 0 Å². The predicted molar refractivity (Wildman–Crippen MR) is 77.5 cm³/mol. The second kappa shape index (κ2) is 5.12. The van der Waals surface area contributed by atoms with Gasteiger partial charge in [-0.3, -0.25) is 0 Å². The summed E-state index contributed by atoms with van der Waals surface area (Å²) in [5.74, 6) is -0.355. The second-order valence-electron chi connectivity index (χ2n) is 3.91. The number of hydrogen-bond acceptors (Lipinski definition) is 5. The fourth-order valence-corrected chi connectivity index (χ4v) is 4.06. The summed E-state index contributed by atoms with van der Waals surface area (Å²) in [5, 5.41) is 0. The molecule has 96 valence electrons. The van der Waals surface area contributed by atoms with E-state index >= 15 is 0 Å². The zero-order valence-electron chi connectivity index (χ0n) is 10.6. The van der Waals surface area contributed by atoms with Gasteiger partial charge in [0.15, 0.2) is 0 Å². The number of anilines is 1. The molecule has 0 aliphatic carbocycles. The van der Waals surface area contributed by atoms with Crippen LogP contribution in [0.15, 0.2) is 12.1 Å². The van der Waals surface area contributed by atoms with Crippen LogP contribution in [0.1, 0.15) is 27.0 Å². The Labute approximate surface area is 114 Å². The molecule has 0 aromatic carbocycles. The van der Waals surface area contributed by atoms with E-state index in [1.165, 1.54) is 23.3 Å². The number of nitrogen functional groups attached to an aromatic ring is 1. The number of ether oxygens (including phenoxy) is 1. The molecule has 0 spiro atoms. The highest BCUT2D eigenvalue weighted by Gasteiger charge is 2.21. The van der Waals surface area contributed by atoms with Crippen molar-refractivity contribution in [2.45, 2.75) is 20.3 Å². The van der Waals surface area contributed by atoms with Crippen LogP contribution in [0.5, 0.6) is 0 Å². The van der Waals surface area contributed by atoms with Gasteiger partial charge in [-0.15, -0.1) is 22.7 Å². The van der Waals surface area contributed by atoms with Gasteiger partial charge in [-0.25, -0.2) is 4.79 Å². The van der Waals surface area contributed by atoms with Gasteiger partial charge in [0.05, 0.1) is 17.7 Å². The fourth-order valence-electron chi connectivity index (χ4n) is 1.83. The molecule has 5 heteroatoms. The average molecular weight is 281 g/mol. The molecule has 2 aromatic heterocycles. The minimum absolute atomic E-state index is 0.355. The highest BCUT2D eigenvalue weighted by atomic mass is 32.1. The van der Waals surface area contributed by atoms with Crippen LogP contribution in [0.25, 0.3) is 9.75 Å². The van der Waals surface area contributed by atoms with Gasteiger partial charge in [-0.1, -0.05) is 6.92 Å². The lowest BCUT2D eigenvalue weighted by atomic mass is 10.1. The molecule has 3 nitrogen and oxygen atoms in total. The maximum atomic E-state index is 11.7. The lowest BCUT2D eigenvalue weighted by Gasteiger charge is -1.99. The number of nitrogens with two attached hydrogens (primary N) is 1. The molecule has 0 fully saturated rings. The molecule has 0 aliphatic heterocycles. The van der Waals surface area contributed by atoms with E-state index < -0.39 is 0 Å². The molecule has 2 N–H and O–H groups in total. The van der Waals surface area contributed by atoms with Crippen LogP contribution in [-0.4, -0.2) is 13.1 Å². The largest absolute Gasteiger partial charge is 0.465 e. The average Bonchev–Trinajstić information content (AvgIpc) is 2.92. The number of rotatable bonds is 3. The first-order valence-corrected chi connectivity index (χ1v) is 7.28. The Kier molecular flexibility index (Phi) is 3.73. The van der Waals surface area contributed by atoms with Crippen LogP contribution >= 0.6 is 22.7 Å². The van der Waals surface area contributed by atoms with Gasteiger partial charge in [0.25, 0.3) is 0 Å². The Balaban J connectivity index is 2.57. The minimum atomic E-state index is -0.355. The van der Waals surface area contributed by atoms with Gasteiger partial charge in [0, 0.05) is 9.75 Å². The quantitative estimate of drug-likeness (QED) is 0.872.